The van der Waals surface area contributed by atoms with Gasteiger partial charge in [0.2, 0.25) is 0 Å². The van der Waals surface area contributed by atoms with E-state index in [1.54, 1.807) is 27.7 Å². The molecule has 0 nitrogen and oxygen atoms in total. The van der Waals surface area contributed by atoms with Crippen molar-refractivity contribution < 1.29 is 26.3 Å². The van der Waals surface area contributed by atoms with Gasteiger partial charge in [0.25, 0.3) is 0 Å². The molecule has 6 aromatic rings. The molecule has 1 fully saturated rings. The van der Waals surface area contributed by atoms with Crippen LogP contribution in [0.1, 0.15) is 38.8 Å². The van der Waals surface area contributed by atoms with E-state index in [1.807, 2.05) is 158 Å². The number of alkyl halides is 6. The molecule has 0 radical (unpaired) electrons. The van der Waals surface area contributed by atoms with Gasteiger partial charge < -0.3 is 0 Å². The average Bonchev–Trinajstić information content (AvgIpc) is 3.75. The van der Waals surface area contributed by atoms with Crippen LogP contribution in [0.3, 0.4) is 0 Å². The fourth-order valence-corrected chi connectivity index (χ4v) is 13.3. The third-order valence-electron chi connectivity index (χ3n) is 13.0. The minimum Gasteiger partial charge on any atom is -0.194 e. The highest BCUT2D eigenvalue weighted by Gasteiger charge is 2.84. The van der Waals surface area contributed by atoms with Gasteiger partial charge in [-0.25, -0.2) is 0 Å². The third-order valence-corrected chi connectivity index (χ3v) is 16.6. The molecule has 61 heavy (non-hydrogen) atoms. The van der Waals surface area contributed by atoms with E-state index < -0.39 is 38.4 Å². The van der Waals surface area contributed by atoms with Crippen LogP contribution in [0.15, 0.2) is 191 Å². The molecule has 0 spiro atoms. The van der Waals surface area contributed by atoms with Crippen LogP contribution in [0.2, 0.25) is 0 Å². The summed E-state index contributed by atoms with van der Waals surface area (Å²) in [5.74, 6) is -16.0. The van der Waals surface area contributed by atoms with Crippen molar-refractivity contribution in [1.29, 1.82) is 0 Å². The van der Waals surface area contributed by atoms with Gasteiger partial charge >= 0.3 is 17.8 Å². The van der Waals surface area contributed by atoms with E-state index in [9.17, 15) is 0 Å². The minimum atomic E-state index is -5.67. The minimum absolute atomic E-state index is 0.147. The molecule has 8 heteroatoms. The molecule has 0 N–H and O–H groups in total. The number of fused-ring (bicyclic) bond motifs is 4. The normalized spacial score (nSPS) is 23.4. The lowest BCUT2D eigenvalue weighted by molar-refractivity contribution is -0.258. The first-order valence-corrected chi connectivity index (χ1v) is 21.7. The summed E-state index contributed by atoms with van der Waals surface area (Å²) in [5, 5.41) is 0. The standard InChI is InChI=1S/C53H38F6S2/c1-31-43-45-46(52(56,57)53(58,59)51(45,54)55)44-32(2)48(40-28-26-38(34-19-11-6-12-20-34)30-42(40)36-23-15-8-16-24-36)61-50(44,4)49(43,3)60-47(31)39-27-25-37(33-17-9-5-10-18-33)29-41(39)35-21-13-7-14-22-35/h5-30H,1-4H3. The SMILES string of the molecule is CC1=C(c2ccc(-c3ccccc3)cc2-c2ccccc2)SC2(C)C1=C1C(=C3C(C)=C(c4ccc(-c5ccccc5)cc4-c4ccccc4)SC32C)C(F)(F)C(F)(F)C1(F)F. The van der Waals surface area contributed by atoms with E-state index in [0.717, 1.165) is 44.5 Å². The van der Waals surface area contributed by atoms with Gasteiger partial charge in [0, 0.05) is 21.0 Å². The Labute approximate surface area is 359 Å². The Morgan fingerprint density at radius 3 is 0.984 bits per heavy atom. The lowest BCUT2D eigenvalue weighted by atomic mass is 9.68. The number of rotatable bonds is 6. The number of allylic oxidation sites excluding steroid dienone is 4. The van der Waals surface area contributed by atoms with Gasteiger partial charge in [-0.05, 0) is 118 Å². The maximum atomic E-state index is 16.7. The predicted molar refractivity (Wildman–Crippen MR) is 241 cm³/mol. The quantitative estimate of drug-likeness (QED) is 0.153. The maximum absolute atomic E-state index is 16.7. The van der Waals surface area contributed by atoms with Gasteiger partial charge in [0.1, 0.15) is 0 Å². The van der Waals surface area contributed by atoms with Gasteiger partial charge in [-0.3, -0.25) is 0 Å². The first kappa shape index (κ1) is 39.7. The summed E-state index contributed by atoms with van der Waals surface area (Å²) in [6.45, 7) is 6.81. The van der Waals surface area contributed by atoms with Crippen LogP contribution in [0.25, 0.3) is 54.3 Å². The van der Waals surface area contributed by atoms with Gasteiger partial charge in [-0.1, -0.05) is 146 Å². The lowest BCUT2D eigenvalue weighted by Crippen LogP contribution is -2.49. The molecule has 2 aliphatic heterocycles. The molecular formula is C53H38F6S2. The summed E-state index contributed by atoms with van der Waals surface area (Å²) in [6, 6.07) is 50.9. The Kier molecular flexibility index (Phi) is 8.97. The van der Waals surface area contributed by atoms with Gasteiger partial charge in [-0.15, -0.1) is 23.5 Å². The number of hydrogen-bond acceptors (Lipinski definition) is 2. The molecule has 0 amide bonds. The van der Waals surface area contributed by atoms with E-state index in [2.05, 4.69) is 0 Å². The van der Waals surface area contributed by atoms with Gasteiger partial charge in [-0.2, -0.15) is 26.3 Å². The van der Waals surface area contributed by atoms with Crippen molar-refractivity contribution in [3.8, 4) is 44.5 Å². The first-order chi connectivity index (χ1) is 29.1. The van der Waals surface area contributed by atoms with Crippen molar-refractivity contribution in [2.45, 2.75) is 55.0 Å². The second-order valence-electron chi connectivity index (χ2n) is 16.4. The number of hydrogen-bond donors (Lipinski definition) is 0. The van der Waals surface area contributed by atoms with E-state index in [-0.39, 0.29) is 11.1 Å². The van der Waals surface area contributed by atoms with E-state index in [0.29, 0.717) is 32.1 Å². The summed E-state index contributed by atoms with van der Waals surface area (Å²) in [6.07, 6.45) is 0. The van der Waals surface area contributed by atoms with Crippen LogP contribution in [-0.2, 0) is 0 Å². The molecule has 304 valence electrons. The zero-order valence-corrected chi connectivity index (χ0v) is 35.2. The summed E-state index contributed by atoms with van der Waals surface area (Å²) in [4.78, 5) is 1.17. The molecule has 1 saturated carbocycles. The number of halogens is 6. The highest BCUT2D eigenvalue weighted by atomic mass is 32.2. The van der Waals surface area contributed by atoms with Crippen molar-refractivity contribution in [3.63, 3.8) is 0 Å². The van der Waals surface area contributed by atoms with E-state index >= 15 is 26.3 Å². The first-order valence-electron chi connectivity index (χ1n) is 20.1. The highest BCUT2D eigenvalue weighted by molar-refractivity contribution is 8.14. The summed E-state index contributed by atoms with van der Waals surface area (Å²) in [5.41, 5.74) is 6.38. The van der Waals surface area contributed by atoms with Crippen LogP contribution in [-0.4, -0.2) is 27.3 Å². The smallest absolute Gasteiger partial charge is 0.194 e. The van der Waals surface area contributed by atoms with Crippen LogP contribution < -0.4 is 0 Å². The fraction of sp³-hybridized carbons (Fsp3) is 0.170. The molecule has 6 aromatic carbocycles. The fourth-order valence-electron chi connectivity index (χ4n) is 9.85. The zero-order chi connectivity index (χ0) is 42.7. The summed E-state index contributed by atoms with van der Waals surface area (Å²) >= 11 is 2.62. The number of thioether (sulfide) groups is 2. The molecule has 10 rings (SSSR count). The molecule has 2 heterocycles. The highest BCUT2D eigenvalue weighted by Crippen LogP contribution is 2.77. The monoisotopic (exact) mass is 852 g/mol. The van der Waals surface area contributed by atoms with Gasteiger partial charge in [0.05, 0.1) is 9.49 Å². The zero-order valence-electron chi connectivity index (χ0n) is 33.6. The number of benzene rings is 6. The largest absolute Gasteiger partial charge is 0.380 e. The molecule has 2 atom stereocenters. The molecule has 2 aliphatic carbocycles. The Hall–Kier alpha value is -5.44. The Balaban J connectivity index is 1.22. The van der Waals surface area contributed by atoms with Crippen LogP contribution in [0.4, 0.5) is 26.3 Å². The van der Waals surface area contributed by atoms with Gasteiger partial charge in [0.15, 0.2) is 0 Å². The van der Waals surface area contributed by atoms with Crippen molar-refractivity contribution >= 4 is 33.3 Å². The maximum Gasteiger partial charge on any atom is 0.380 e. The molecule has 0 saturated heterocycles. The van der Waals surface area contributed by atoms with Crippen molar-refractivity contribution in [3.05, 3.63) is 202 Å². The Bertz CT molecular complexity index is 2710. The van der Waals surface area contributed by atoms with E-state index in [1.165, 1.54) is 23.5 Å². The van der Waals surface area contributed by atoms with Crippen molar-refractivity contribution in [2.75, 3.05) is 0 Å². The molecule has 0 aromatic heterocycles. The second-order valence-corrected chi connectivity index (χ2v) is 19.2. The third kappa shape index (κ3) is 5.50. The van der Waals surface area contributed by atoms with Crippen LogP contribution in [0, 0.1) is 0 Å². The molecule has 4 aliphatic rings. The Morgan fingerprint density at radius 2 is 0.656 bits per heavy atom. The van der Waals surface area contributed by atoms with Crippen LogP contribution in [0.5, 0.6) is 0 Å². The average molecular weight is 853 g/mol. The summed E-state index contributed by atoms with van der Waals surface area (Å²) < 4.78 is 96.0. The topological polar surface area (TPSA) is 0 Å². The molecule has 0 bridgehead atoms. The van der Waals surface area contributed by atoms with Crippen molar-refractivity contribution in [2.24, 2.45) is 0 Å². The predicted octanol–water partition coefficient (Wildman–Crippen LogP) is 16.1. The molecular weight excluding hydrogens is 815 g/mol. The lowest BCUT2D eigenvalue weighted by Gasteiger charge is -2.48. The van der Waals surface area contributed by atoms with Crippen LogP contribution >= 0.6 is 23.5 Å². The molecule has 2 unspecified atom stereocenters. The summed E-state index contributed by atoms with van der Waals surface area (Å²) in [7, 11) is 0. The second kappa shape index (κ2) is 13.8. The Morgan fingerprint density at radius 1 is 0.344 bits per heavy atom. The van der Waals surface area contributed by atoms with E-state index in [4.69, 9.17) is 0 Å². The van der Waals surface area contributed by atoms with Crippen molar-refractivity contribution in [1.82, 2.24) is 0 Å².